The van der Waals surface area contributed by atoms with E-state index in [1.807, 2.05) is 43.5 Å². The van der Waals surface area contributed by atoms with Crippen LogP contribution in [-0.2, 0) is 27.5 Å². The lowest BCUT2D eigenvalue weighted by Crippen LogP contribution is -2.24. The largest absolute Gasteiger partial charge is 0.487 e. The molecule has 10 nitrogen and oxygen atoms in total. The molecule has 0 aliphatic heterocycles. The maximum Gasteiger partial charge on any atom is 0.333 e. The van der Waals surface area contributed by atoms with Gasteiger partial charge in [-0.05, 0) is 62.6 Å². The van der Waals surface area contributed by atoms with Crippen LogP contribution in [0.2, 0.25) is 0 Å². The van der Waals surface area contributed by atoms with Gasteiger partial charge in [-0.3, -0.25) is 8.98 Å². The molecular formula is C26H31N3O7S2. The van der Waals surface area contributed by atoms with Gasteiger partial charge in [-0.15, -0.1) is 11.3 Å². The Hall–Kier alpha value is -2.90. The van der Waals surface area contributed by atoms with Crippen molar-refractivity contribution < 1.29 is 32.0 Å². The number of rotatable bonds is 12. The molecule has 1 fully saturated rings. The zero-order chi connectivity index (χ0) is 27.3. The second kappa shape index (κ2) is 12.3. The molecule has 0 radical (unpaired) electrons. The van der Waals surface area contributed by atoms with Gasteiger partial charge in [-0.1, -0.05) is 12.1 Å². The fourth-order valence-corrected chi connectivity index (χ4v) is 5.72. The second-order valence-electron chi connectivity index (χ2n) is 9.58. The van der Waals surface area contributed by atoms with Crippen LogP contribution < -0.4 is 14.6 Å². The Kier molecular flexibility index (Phi) is 9.11. The van der Waals surface area contributed by atoms with Crippen LogP contribution in [0, 0.1) is 11.8 Å². The number of ether oxygens (including phenoxy) is 2. The third-order valence-electron chi connectivity index (χ3n) is 6.21. The molecule has 12 heteroatoms. The number of aliphatic hydroxyl groups excluding tert-OH is 1. The molecule has 0 amide bonds. The highest BCUT2D eigenvalue weighted by Crippen LogP contribution is 2.35. The Bertz CT molecular complexity index is 1360. The molecule has 3 aromatic rings. The third kappa shape index (κ3) is 7.58. The number of para-hydroxylation sites is 2. The highest BCUT2D eigenvalue weighted by Gasteiger charge is 2.35. The molecule has 0 unspecified atom stereocenters. The average molecular weight is 562 g/mol. The topological polar surface area (TPSA) is 151 Å². The number of nitrogens with zero attached hydrogens (tertiary/aromatic N) is 2. The SMILES string of the molecule is CC(C)Oc1ccccc1OCc1csc(C(=O)c2cncnc2C[C@@H]2C[C@H](COS(N)(=O)=O)[C@@H](O)C2)c1. The molecule has 1 aliphatic rings. The van der Waals surface area contributed by atoms with Crippen molar-refractivity contribution in [2.24, 2.45) is 17.0 Å². The normalized spacial score (nSPS) is 19.6. The summed E-state index contributed by atoms with van der Waals surface area (Å²) in [7, 11) is -4.08. The van der Waals surface area contributed by atoms with Crippen molar-refractivity contribution in [1.29, 1.82) is 0 Å². The van der Waals surface area contributed by atoms with Crippen LogP contribution in [0.5, 0.6) is 11.5 Å². The summed E-state index contributed by atoms with van der Waals surface area (Å²) >= 11 is 1.32. The van der Waals surface area contributed by atoms with Crippen molar-refractivity contribution in [3.05, 3.63) is 69.9 Å². The quantitative estimate of drug-likeness (QED) is 0.317. The maximum absolute atomic E-state index is 13.4. The van der Waals surface area contributed by atoms with Crippen LogP contribution in [0.4, 0.5) is 0 Å². The lowest BCUT2D eigenvalue weighted by Gasteiger charge is -2.14. The molecule has 4 rings (SSSR count). The van der Waals surface area contributed by atoms with Crippen LogP contribution in [0.15, 0.2) is 48.2 Å². The highest BCUT2D eigenvalue weighted by atomic mass is 32.2. The summed E-state index contributed by atoms with van der Waals surface area (Å²) in [5.41, 5.74) is 1.84. The molecule has 3 atom stereocenters. The molecule has 0 bridgehead atoms. The summed E-state index contributed by atoms with van der Waals surface area (Å²) in [5, 5.41) is 17.1. The van der Waals surface area contributed by atoms with Gasteiger partial charge in [0, 0.05) is 17.7 Å². The number of ketones is 1. The average Bonchev–Trinajstić information content (AvgIpc) is 3.47. The predicted molar refractivity (Wildman–Crippen MR) is 141 cm³/mol. The van der Waals surface area contributed by atoms with Gasteiger partial charge in [0.2, 0.25) is 5.78 Å². The summed E-state index contributed by atoms with van der Waals surface area (Å²) in [5.74, 6) is 0.741. The molecule has 2 aromatic heterocycles. The van der Waals surface area contributed by atoms with E-state index in [2.05, 4.69) is 14.2 Å². The number of carbonyl (C=O) groups excluding carboxylic acids is 1. The van der Waals surface area contributed by atoms with E-state index in [-0.39, 0.29) is 36.9 Å². The zero-order valence-corrected chi connectivity index (χ0v) is 22.8. The minimum atomic E-state index is -4.08. The first-order chi connectivity index (χ1) is 18.1. The summed E-state index contributed by atoms with van der Waals surface area (Å²) in [6.07, 6.45) is 3.60. The summed E-state index contributed by atoms with van der Waals surface area (Å²) < 4.78 is 38.6. The molecule has 0 spiro atoms. The number of nitrogens with two attached hydrogens (primary N) is 1. The molecule has 1 saturated carbocycles. The molecule has 0 saturated heterocycles. The maximum atomic E-state index is 13.4. The first-order valence-electron chi connectivity index (χ1n) is 12.2. The summed E-state index contributed by atoms with van der Waals surface area (Å²) in [6, 6.07) is 9.26. The van der Waals surface area contributed by atoms with E-state index < -0.39 is 16.4 Å². The molecule has 2 heterocycles. The van der Waals surface area contributed by atoms with Gasteiger partial charge >= 0.3 is 10.3 Å². The minimum Gasteiger partial charge on any atom is -0.487 e. The third-order valence-corrected chi connectivity index (χ3v) is 7.65. The first-order valence-corrected chi connectivity index (χ1v) is 14.6. The van der Waals surface area contributed by atoms with Gasteiger partial charge in [-0.2, -0.15) is 8.42 Å². The fourth-order valence-electron chi connectivity index (χ4n) is 4.51. The lowest BCUT2D eigenvalue weighted by atomic mass is 9.96. The molecule has 1 aromatic carbocycles. The molecule has 204 valence electrons. The highest BCUT2D eigenvalue weighted by molar-refractivity contribution is 7.84. The van der Waals surface area contributed by atoms with Crippen LogP contribution in [0.3, 0.4) is 0 Å². The van der Waals surface area contributed by atoms with E-state index in [0.29, 0.717) is 46.9 Å². The summed E-state index contributed by atoms with van der Waals surface area (Å²) in [6.45, 7) is 4.00. The number of thiophene rings is 1. The van der Waals surface area contributed by atoms with E-state index in [4.69, 9.17) is 14.6 Å². The van der Waals surface area contributed by atoms with E-state index >= 15 is 0 Å². The van der Waals surface area contributed by atoms with Crippen molar-refractivity contribution in [1.82, 2.24) is 9.97 Å². The number of aromatic nitrogens is 2. The fraction of sp³-hybridized carbons (Fsp3) is 0.423. The van der Waals surface area contributed by atoms with Crippen LogP contribution >= 0.6 is 11.3 Å². The Morgan fingerprint density at radius 2 is 2.00 bits per heavy atom. The van der Waals surface area contributed by atoms with Crippen molar-refractivity contribution >= 4 is 27.4 Å². The number of carbonyl (C=O) groups is 1. The van der Waals surface area contributed by atoms with Crippen molar-refractivity contribution in [3.8, 4) is 11.5 Å². The Labute approximate surface area is 226 Å². The zero-order valence-electron chi connectivity index (χ0n) is 21.1. The number of aliphatic hydroxyl groups is 1. The standard InChI is InChI=1S/C26H31N3O7S2/c1-16(2)36-24-6-4-3-5-23(24)34-12-18-10-25(37-14-18)26(31)20-11-28-15-29-21(20)8-17-7-19(22(30)9-17)13-35-38(27,32)33/h3-6,10-11,14-17,19,22,30H,7-9,12-13H2,1-2H3,(H2,27,32,33)/t17-,19+,22-/m0/s1. The molecule has 3 N–H and O–H groups in total. The van der Waals surface area contributed by atoms with E-state index in [9.17, 15) is 18.3 Å². The summed E-state index contributed by atoms with van der Waals surface area (Å²) in [4.78, 5) is 22.3. The van der Waals surface area contributed by atoms with Crippen molar-refractivity contribution in [3.63, 3.8) is 0 Å². The number of hydrogen-bond acceptors (Lipinski definition) is 10. The Morgan fingerprint density at radius 1 is 1.24 bits per heavy atom. The van der Waals surface area contributed by atoms with E-state index in [0.717, 1.165) is 5.56 Å². The van der Waals surface area contributed by atoms with Crippen LogP contribution in [0.25, 0.3) is 0 Å². The van der Waals surface area contributed by atoms with Crippen LogP contribution in [-0.4, -0.2) is 48.1 Å². The van der Waals surface area contributed by atoms with E-state index in [1.54, 1.807) is 6.07 Å². The van der Waals surface area contributed by atoms with Gasteiger partial charge in [0.1, 0.15) is 12.9 Å². The predicted octanol–water partition coefficient (Wildman–Crippen LogP) is 3.29. The van der Waals surface area contributed by atoms with Crippen molar-refractivity contribution in [2.75, 3.05) is 6.61 Å². The molecular weight excluding hydrogens is 530 g/mol. The first kappa shape index (κ1) is 28.1. The van der Waals surface area contributed by atoms with Crippen LogP contribution in [0.1, 0.15) is 53.2 Å². The molecule has 38 heavy (non-hydrogen) atoms. The van der Waals surface area contributed by atoms with Gasteiger partial charge in [0.15, 0.2) is 11.5 Å². The van der Waals surface area contributed by atoms with Gasteiger partial charge in [0.05, 0.1) is 34.9 Å². The molecule has 1 aliphatic carbocycles. The Morgan fingerprint density at radius 3 is 2.74 bits per heavy atom. The van der Waals surface area contributed by atoms with Crippen molar-refractivity contribution in [2.45, 2.75) is 51.9 Å². The lowest BCUT2D eigenvalue weighted by molar-refractivity contribution is 0.100. The van der Waals surface area contributed by atoms with Gasteiger partial charge < -0.3 is 14.6 Å². The monoisotopic (exact) mass is 561 g/mol. The van der Waals surface area contributed by atoms with Gasteiger partial charge in [0.25, 0.3) is 0 Å². The minimum absolute atomic E-state index is 0.000881. The number of benzene rings is 1. The smallest absolute Gasteiger partial charge is 0.333 e. The number of hydrogen-bond donors (Lipinski definition) is 2. The van der Waals surface area contributed by atoms with Gasteiger partial charge in [-0.25, -0.2) is 15.1 Å². The van der Waals surface area contributed by atoms with E-state index in [1.165, 1.54) is 23.9 Å². The second-order valence-corrected chi connectivity index (χ2v) is 11.7. The Balaban J connectivity index is 1.40.